The first-order valence-electron chi connectivity index (χ1n) is 12.6. The Balaban J connectivity index is 2.28. The van der Waals surface area contributed by atoms with E-state index in [1.165, 1.54) is 89.9 Å². The highest BCUT2D eigenvalue weighted by molar-refractivity contribution is 9.10. The van der Waals surface area contributed by atoms with E-state index >= 15 is 0 Å². The quantitative estimate of drug-likeness (QED) is 0.218. The summed E-state index contributed by atoms with van der Waals surface area (Å²) in [6.45, 7) is 9.27. The SMILES string of the molecule is CCCC1(CCC)CCCC(CC2CCCC(CCC)(CCC)C2(N)Br)C1(N)Br. The average molecular weight is 536 g/mol. The Hall–Kier alpha value is 0.880. The summed E-state index contributed by atoms with van der Waals surface area (Å²) in [7, 11) is 0. The molecule has 0 aliphatic heterocycles. The minimum atomic E-state index is -0.261. The highest BCUT2D eigenvalue weighted by atomic mass is 79.9. The number of rotatable bonds is 10. The van der Waals surface area contributed by atoms with Crippen molar-refractivity contribution >= 4 is 31.9 Å². The molecule has 2 saturated carbocycles. The van der Waals surface area contributed by atoms with Gasteiger partial charge in [-0.15, -0.1) is 0 Å². The molecule has 0 spiro atoms. The van der Waals surface area contributed by atoms with Crippen molar-refractivity contribution in [2.24, 2.45) is 34.1 Å². The minimum absolute atomic E-state index is 0.238. The van der Waals surface area contributed by atoms with Crippen LogP contribution >= 0.6 is 31.9 Å². The van der Waals surface area contributed by atoms with Crippen LogP contribution in [-0.4, -0.2) is 8.90 Å². The van der Waals surface area contributed by atoms with Gasteiger partial charge in [-0.2, -0.15) is 0 Å². The molecule has 0 amide bonds. The summed E-state index contributed by atoms with van der Waals surface area (Å²) in [4.78, 5) is 0. The molecule has 4 N–H and O–H groups in total. The number of hydrogen-bond acceptors (Lipinski definition) is 2. The van der Waals surface area contributed by atoms with Gasteiger partial charge < -0.3 is 11.5 Å². The molecule has 2 aliphatic rings. The van der Waals surface area contributed by atoms with Gasteiger partial charge in [-0.3, -0.25) is 0 Å². The van der Waals surface area contributed by atoms with Crippen LogP contribution in [0, 0.1) is 22.7 Å². The molecule has 4 atom stereocenters. The van der Waals surface area contributed by atoms with Crippen LogP contribution in [-0.2, 0) is 0 Å². The van der Waals surface area contributed by atoms with Gasteiger partial charge in [0.25, 0.3) is 0 Å². The zero-order chi connectivity index (χ0) is 21.8. The molecule has 0 aromatic rings. The second-order valence-corrected chi connectivity index (χ2v) is 13.1. The molecule has 4 heteroatoms. The first kappa shape index (κ1) is 26.1. The molecule has 0 saturated heterocycles. The maximum Gasteiger partial charge on any atom is 0.0802 e. The summed E-state index contributed by atoms with van der Waals surface area (Å²) in [5, 5.41) is 0. The van der Waals surface area contributed by atoms with Gasteiger partial charge in [-0.1, -0.05) is 98.1 Å². The summed E-state index contributed by atoms with van der Waals surface area (Å²) >= 11 is 8.32. The molecule has 2 nitrogen and oxygen atoms in total. The zero-order valence-electron chi connectivity index (χ0n) is 19.7. The van der Waals surface area contributed by atoms with Crippen molar-refractivity contribution < 1.29 is 0 Å². The second kappa shape index (κ2) is 10.7. The fraction of sp³-hybridized carbons (Fsp3) is 1.00. The van der Waals surface area contributed by atoms with Crippen LogP contribution in [0.4, 0.5) is 0 Å². The van der Waals surface area contributed by atoms with Gasteiger partial charge in [0.1, 0.15) is 0 Å². The number of nitrogens with two attached hydrogens (primary N) is 2. The van der Waals surface area contributed by atoms with Crippen LogP contribution in [0.2, 0.25) is 0 Å². The highest BCUT2D eigenvalue weighted by Gasteiger charge is 2.57. The van der Waals surface area contributed by atoms with Crippen LogP contribution < -0.4 is 11.5 Å². The Morgan fingerprint density at radius 3 is 1.24 bits per heavy atom. The lowest BCUT2D eigenvalue weighted by Gasteiger charge is -2.57. The van der Waals surface area contributed by atoms with Crippen molar-refractivity contribution in [1.29, 1.82) is 0 Å². The molecule has 172 valence electrons. The van der Waals surface area contributed by atoms with E-state index in [2.05, 4.69) is 59.6 Å². The van der Waals surface area contributed by atoms with Gasteiger partial charge in [0.2, 0.25) is 0 Å². The number of halogens is 2. The van der Waals surface area contributed by atoms with Gasteiger partial charge in [0.15, 0.2) is 0 Å². The van der Waals surface area contributed by atoms with E-state index in [9.17, 15) is 0 Å². The fourth-order valence-electron chi connectivity index (χ4n) is 7.40. The van der Waals surface area contributed by atoms with Crippen molar-refractivity contribution in [1.82, 2.24) is 0 Å². The number of alkyl halides is 2. The maximum absolute atomic E-state index is 7.22. The van der Waals surface area contributed by atoms with Crippen molar-refractivity contribution in [3.8, 4) is 0 Å². The Kier molecular flexibility index (Phi) is 9.61. The van der Waals surface area contributed by atoms with Crippen molar-refractivity contribution in [3.63, 3.8) is 0 Å². The first-order chi connectivity index (χ1) is 13.7. The lowest BCUT2D eigenvalue weighted by Crippen LogP contribution is -2.62. The van der Waals surface area contributed by atoms with Gasteiger partial charge in [-0.05, 0) is 80.5 Å². The molecule has 0 radical (unpaired) electrons. The molecule has 0 bridgehead atoms. The molecule has 2 rings (SSSR count). The predicted octanol–water partition coefficient (Wildman–Crippen LogP) is 8.25. The number of hydrogen-bond donors (Lipinski definition) is 2. The minimum Gasteiger partial charge on any atom is -0.316 e. The standard InChI is InChI=1S/C25H48Br2N2/c1-5-13-22(14-6-2)17-9-11-20(24(22,26)28)19-21-12-10-18-23(15-7-3,16-8-4)25(21,27)29/h20-21H,5-19,28-29H2,1-4H3. The van der Waals surface area contributed by atoms with E-state index < -0.39 is 0 Å². The van der Waals surface area contributed by atoms with Crippen LogP contribution in [0.25, 0.3) is 0 Å². The Morgan fingerprint density at radius 1 is 0.655 bits per heavy atom. The summed E-state index contributed by atoms with van der Waals surface area (Å²) in [5.74, 6) is 1.03. The van der Waals surface area contributed by atoms with E-state index in [0.29, 0.717) is 11.8 Å². The van der Waals surface area contributed by atoms with Crippen LogP contribution in [0.1, 0.15) is 124 Å². The third-order valence-electron chi connectivity index (χ3n) is 8.71. The molecular formula is C25H48Br2N2. The van der Waals surface area contributed by atoms with Crippen LogP contribution in [0.5, 0.6) is 0 Å². The third-order valence-corrected chi connectivity index (χ3v) is 11.7. The van der Waals surface area contributed by atoms with E-state index in [1.807, 2.05) is 0 Å². The topological polar surface area (TPSA) is 52.0 Å². The van der Waals surface area contributed by atoms with Crippen molar-refractivity contribution in [3.05, 3.63) is 0 Å². The zero-order valence-corrected chi connectivity index (χ0v) is 22.8. The molecular weight excluding hydrogens is 488 g/mol. The summed E-state index contributed by atoms with van der Waals surface area (Å²) in [6, 6.07) is 0. The fourth-order valence-corrected chi connectivity index (χ4v) is 9.42. The molecule has 0 aromatic carbocycles. The molecule has 4 unspecified atom stereocenters. The second-order valence-electron chi connectivity index (χ2n) is 10.5. The Labute approximate surface area is 198 Å². The normalized spacial score (nSPS) is 36.8. The average Bonchev–Trinajstić information content (AvgIpc) is 2.64. The van der Waals surface area contributed by atoms with E-state index in [1.54, 1.807) is 0 Å². The first-order valence-corrected chi connectivity index (χ1v) is 14.2. The largest absolute Gasteiger partial charge is 0.316 e. The lowest BCUT2D eigenvalue weighted by atomic mass is 9.56. The van der Waals surface area contributed by atoms with E-state index in [4.69, 9.17) is 11.5 Å². The molecule has 2 fully saturated rings. The van der Waals surface area contributed by atoms with Gasteiger partial charge in [0.05, 0.1) is 8.90 Å². The molecule has 29 heavy (non-hydrogen) atoms. The molecule has 0 aromatic heterocycles. The maximum atomic E-state index is 7.22. The van der Waals surface area contributed by atoms with Gasteiger partial charge >= 0.3 is 0 Å². The monoisotopic (exact) mass is 534 g/mol. The predicted molar refractivity (Wildman–Crippen MR) is 135 cm³/mol. The smallest absolute Gasteiger partial charge is 0.0802 e. The van der Waals surface area contributed by atoms with Gasteiger partial charge in [-0.25, -0.2) is 0 Å². The van der Waals surface area contributed by atoms with Crippen LogP contribution in [0.15, 0.2) is 0 Å². The van der Waals surface area contributed by atoms with Gasteiger partial charge in [0, 0.05) is 0 Å². The Bertz CT molecular complexity index is 436. The van der Waals surface area contributed by atoms with Crippen LogP contribution in [0.3, 0.4) is 0 Å². The summed E-state index contributed by atoms with van der Waals surface area (Å²) < 4.78 is -0.522. The molecule has 0 heterocycles. The van der Waals surface area contributed by atoms with E-state index in [0.717, 1.165) is 6.42 Å². The molecule has 2 aliphatic carbocycles. The summed E-state index contributed by atoms with van der Waals surface area (Å²) in [6.07, 6.45) is 18.6. The summed E-state index contributed by atoms with van der Waals surface area (Å²) in [5.41, 5.74) is 14.9. The van der Waals surface area contributed by atoms with E-state index in [-0.39, 0.29) is 19.7 Å². The lowest BCUT2D eigenvalue weighted by molar-refractivity contribution is 0.0124. The van der Waals surface area contributed by atoms with Crippen molar-refractivity contribution in [2.75, 3.05) is 0 Å². The third kappa shape index (κ3) is 4.96. The highest BCUT2D eigenvalue weighted by Crippen LogP contribution is 2.60. The van der Waals surface area contributed by atoms with Crippen molar-refractivity contribution in [2.45, 2.75) is 133 Å². The Morgan fingerprint density at radius 2 is 0.966 bits per heavy atom.